The van der Waals surface area contributed by atoms with Crippen molar-refractivity contribution in [2.24, 2.45) is 0 Å². The number of hydrogen-bond acceptors (Lipinski definition) is 4. The van der Waals surface area contributed by atoms with Gasteiger partial charge in [0.2, 0.25) is 12.6 Å². The van der Waals surface area contributed by atoms with E-state index in [1.54, 1.807) is 13.8 Å². The fraction of sp³-hybridized carbons (Fsp3) is 1.00. The zero-order chi connectivity index (χ0) is 5.98. The van der Waals surface area contributed by atoms with E-state index in [-0.39, 0.29) is 0 Å². The summed E-state index contributed by atoms with van der Waals surface area (Å²) in [7, 11) is 0. The van der Waals surface area contributed by atoms with Gasteiger partial charge in [0.25, 0.3) is 0 Å². The average molecular weight is 120 g/mol. The Kier molecular flexibility index (Phi) is 1.80. The second-order valence-corrected chi connectivity index (χ2v) is 1.52. The van der Waals surface area contributed by atoms with Gasteiger partial charge in [-0.05, 0) is 13.8 Å². The molecular weight excluding hydrogens is 112 g/mol. The van der Waals surface area contributed by atoms with Crippen LogP contribution in [0.4, 0.5) is 0 Å². The standard InChI is InChI=1S/C4H8O4/c1-3-5-7-4(2)8-6-3/h3-4H,1-2H3. The molecule has 0 aromatic carbocycles. The molecule has 4 nitrogen and oxygen atoms in total. The van der Waals surface area contributed by atoms with E-state index >= 15 is 0 Å². The number of rotatable bonds is 0. The first-order chi connectivity index (χ1) is 3.79. The monoisotopic (exact) mass is 120 g/mol. The molecule has 0 N–H and O–H groups in total. The molecule has 0 unspecified atom stereocenters. The zero-order valence-electron chi connectivity index (χ0n) is 4.79. The molecule has 0 aromatic rings. The van der Waals surface area contributed by atoms with E-state index in [1.165, 1.54) is 0 Å². The summed E-state index contributed by atoms with van der Waals surface area (Å²) in [5.41, 5.74) is 0. The third kappa shape index (κ3) is 1.41. The third-order valence-electron chi connectivity index (χ3n) is 0.653. The fourth-order valence-electron chi connectivity index (χ4n) is 0.345. The molecule has 1 rings (SSSR count). The largest absolute Gasteiger partial charge is 0.221 e. The van der Waals surface area contributed by atoms with Gasteiger partial charge >= 0.3 is 0 Å². The SMILES string of the molecule is CC1OOC(C)OO1. The van der Waals surface area contributed by atoms with Gasteiger partial charge in [-0.1, -0.05) is 0 Å². The van der Waals surface area contributed by atoms with Crippen molar-refractivity contribution in [2.45, 2.75) is 26.4 Å². The van der Waals surface area contributed by atoms with Gasteiger partial charge in [-0.3, -0.25) is 0 Å². The Labute approximate surface area is 47.1 Å². The molecule has 0 spiro atoms. The van der Waals surface area contributed by atoms with Crippen LogP contribution in [0.3, 0.4) is 0 Å². The van der Waals surface area contributed by atoms with E-state index in [0.717, 1.165) is 0 Å². The van der Waals surface area contributed by atoms with E-state index in [9.17, 15) is 0 Å². The molecule has 1 aliphatic rings. The van der Waals surface area contributed by atoms with Crippen molar-refractivity contribution in [3.8, 4) is 0 Å². The normalized spacial score (nSPS) is 39.8. The highest BCUT2D eigenvalue weighted by Gasteiger charge is 2.16. The fourth-order valence-corrected chi connectivity index (χ4v) is 0.345. The summed E-state index contributed by atoms with van der Waals surface area (Å²) in [4.78, 5) is 18.2. The molecule has 0 radical (unpaired) electrons. The zero-order valence-corrected chi connectivity index (χ0v) is 4.79. The summed E-state index contributed by atoms with van der Waals surface area (Å²) in [5.74, 6) is 0. The van der Waals surface area contributed by atoms with Gasteiger partial charge < -0.3 is 0 Å². The maximum absolute atomic E-state index is 4.54. The molecule has 48 valence electrons. The minimum atomic E-state index is -0.425. The van der Waals surface area contributed by atoms with Crippen LogP contribution in [0.1, 0.15) is 13.8 Å². The summed E-state index contributed by atoms with van der Waals surface area (Å²) in [6.45, 7) is 3.34. The van der Waals surface area contributed by atoms with Crippen LogP contribution in [0.2, 0.25) is 0 Å². The Morgan fingerprint density at radius 2 is 1.00 bits per heavy atom. The van der Waals surface area contributed by atoms with Crippen LogP contribution in [-0.2, 0) is 19.6 Å². The van der Waals surface area contributed by atoms with Crippen LogP contribution in [0, 0.1) is 0 Å². The third-order valence-corrected chi connectivity index (χ3v) is 0.653. The molecule has 8 heavy (non-hydrogen) atoms. The lowest BCUT2D eigenvalue weighted by Crippen LogP contribution is -2.27. The van der Waals surface area contributed by atoms with Gasteiger partial charge in [-0.2, -0.15) is 19.6 Å². The predicted octanol–water partition coefficient (Wildman–Crippen LogP) is 0.588. The lowest BCUT2D eigenvalue weighted by molar-refractivity contribution is -0.583. The summed E-state index contributed by atoms with van der Waals surface area (Å²) >= 11 is 0. The van der Waals surface area contributed by atoms with Crippen molar-refractivity contribution in [2.75, 3.05) is 0 Å². The first-order valence-electron chi connectivity index (χ1n) is 2.43. The van der Waals surface area contributed by atoms with Crippen LogP contribution in [0.15, 0.2) is 0 Å². The summed E-state index contributed by atoms with van der Waals surface area (Å²) in [6.07, 6.45) is -0.850. The predicted molar refractivity (Wildman–Crippen MR) is 23.3 cm³/mol. The Morgan fingerprint density at radius 3 is 1.25 bits per heavy atom. The van der Waals surface area contributed by atoms with E-state index in [2.05, 4.69) is 19.6 Å². The van der Waals surface area contributed by atoms with Crippen LogP contribution in [0.5, 0.6) is 0 Å². The van der Waals surface area contributed by atoms with Crippen LogP contribution in [0.25, 0.3) is 0 Å². The molecule has 1 fully saturated rings. The van der Waals surface area contributed by atoms with Gasteiger partial charge in [-0.15, -0.1) is 0 Å². The topological polar surface area (TPSA) is 36.9 Å². The molecule has 0 saturated carbocycles. The first-order valence-corrected chi connectivity index (χ1v) is 2.43. The van der Waals surface area contributed by atoms with Crippen LogP contribution >= 0.6 is 0 Å². The van der Waals surface area contributed by atoms with Crippen molar-refractivity contribution in [1.29, 1.82) is 0 Å². The molecular formula is C4H8O4. The summed E-state index contributed by atoms with van der Waals surface area (Å²) in [5, 5.41) is 0. The average Bonchev–Trinajstić information content (AvgIpc) is 1.77. The van der Waals surface area contributed by atoms with Gasteiger partial charge in [0.15, 0.2) is 0 Å². The molecule has 0 aliphatic carbocycles. The van der Waals surface area contributed by atoms with E-state index in [4.69, 9.17) is 0 Å². The molecule has 0 bridgehead atoms. The molecule has 1 aliphatic heterocycles. The second-order valence-electron chi connectivity index (χ2n) is 1.52. The second kappa shape index (κ2) is 2.41. The summed E-state index contributed by atoms with van der Waals surface area (Å²) in [6, 6.07) is 0. The van der Waals surface area contributed by atoms with Gasteiger partial charge in [-0.25, -0.2) is 0 Å². The highest BCUT2D eigenvalue weighted by atomic mass is 17.4. The molecule has 4 heteroatoms. The van der Waals surface area contributed by atoms with Crippen molar-refractivity contribution >= 4 is 0 Å². The molecule has 0 aromatic heterocycles. The Bertz CT molecular complexity index is 56.4. The van der Waals surface area contributed by atoms with E-state index in [0.29, 0.717) is 0 Å². The smallest absolute Gasteiger partial charge is 0.199 e. The highest BCUT2D eigenvalue weighted by molar-refractivity contribution is 4.24. The molecule has 1 heterocycles. The Morgan fingerprint density at radius 1 is 0.750 bits per heavy atom. The first kappa shape index (κ1) is 5.97. The lowest BCUT2D eigenvalue weighted by atomic mass is 10.7. The summed E-state index contributed by atoms with van der Waals surface area (Å²) < 4.78 is 0. The van der Waals surface area contributed by atoms with Crippen molar-refractivity contribution in [3.63, 3.8) is 0 Å². The van der Waals surface area contributed by atoms with Crippen molar-refractivity contribution < 1.29 is 19.6 Å². The molecule has 1 saturated heterocycles. The Balaban J connectivity index is 2.19. The maximum atomic E-state index is 4.54. The van der Waals surface area contributed by atoms with E-state index in [1.807, 2.05) is 0 Å². The Hall–Kier alpha value is -0.160. The van der Waals surface area contributed by atoms with Gasteiger partial charge in [0.05, 0.1) is 0 Å². The van der Waals surface area contributed by atoms with Crippen molar-refractivity contribution in [3.05, 3.63) is 0 Å². The van der Waals surface area contributed by atoms with Crippen LogP contribution < -0.4 is 0 Å². The minimum absolute atomic E-state index is 0.425. The van der Waals surface area contributed by atoms with Crippen LogP contribution in [-0.4, -0.2) is 12.6 Å². The number of hydrogen-bond donors (Lipinski definition) is 0. The van der Waals surface area contributed by atoms with Gasteiger partial charge in [0, 0.05) is 0 Å². The molecule has 0 amide bonds. The maximum Gasteiger partial charge on any atom is 0.221 e. The highest BCUT2D eigenvalue weighted by Crippen LogP contribution is 2.07. The quantitative estimate of drug-likeness (QED) is 0.438. The lowest BCUT2D eigenvalue weighted by Gasteiger charge is -2.21. The van der Waals surface area contributed by atoms with Crippen molar-refractivity contribution in [1.82, 2.24) is 0 Å². The van der Waals surface area contributed by atoms with E-state index < -0.39 is 12.6 Å². The minimum Gasteiger partial charge on any atom is -0.199 e. The van der Waals surface area contributed by atoms with Gasteiger partial charge in [0.1, 0.15) is 0 Å². The molecule has 0 atom stereocenters.